The Morgan fingerprint density at radius 1 is 1.17 bits per heavy atom. The normalized spacial score (nSPS) is 31.3. The second-order valence-corrected chi connectivity index (χ2v) is 6.45. The predicted octanol–water partition coefficient (Wildman–Crippen LogP) is 2.26. The van der Waals surface area contributed by atoms with Crippen LogP contribution in [0.15, 0.2) is 0 Å². The van der Waals surface area contributed by atoms with Crippen molar-refractivity contribution in [3.05, 3.63) is 0 Å². The van der Waals surface area contributed by atoms with Crippen molar-refractivity contribution in [1.82, 2.24) is 10.2 Å². The number of nitrogens with zero attached hydrogens (tertiary/aromatic N) is 1. The van der Waals surface area contributed by atoms with Crippen molar-refractivity contribution < 1.29 is 4.74 Å². The first-order valence-corrected chi connectivity index (χ1v) is 7.74. The molecule has 2 heterocycles. The molecule has 2 aliphatic rings. The molecule has 2 atom stereocenters. The minimum atomic E-state index is 0.489. The van der Waals surface area contributed by atoms with E-state index in [1.54, 1.807) is 0 Å². The average molecular weight is 254 g/mol. The SMILES string of the molecule is CC(C)NCC1CCN(CC2CCC(C)O2)CC1. The largest absolute Gasteiger partial charge is 0.374 e. The summed E-state index contributed by atoms with van der Waals surface area (Å²) in [5, 5.41) is 3.57. The van der Waals surface area contributed by atoms with E-state index in [1.807, 2.05) is 0 Å². The van der Waals surface area contributed by atoms with E-state index in [9.17, 15) is 0 Å². The Hall–Kier alpha value is -0.120. The summed E-state index contributed by atoms with van der Waals surface area (Å²) in [4.78, 5) is 2.61. The Balaban J connectivity index is 1.61. The van der Waals surface area contributed by atoms with Crippen molar-refractivity contribution in [2.24, 2.45) is 5.92 Å². The highest BCUT2D eigenvalue weighted by atomic mass is 16.5. The maximum Gasteiger partial charge on any atom is 0.0706 e. The first kappa shape index (κ1) is 14.3. The van der Waals surface area contributed by atoms with Gasteiger partial charge in [0.25, 0.3) is 0 Å². The fourth-order valence-corrected chi connectivity index (χ4v) is 3.08. The Bertz CT molecular complexity index is 237. The third kappa shape index (κ3) is 4.52. The van der Waals surface area contributed by atoms with E-state index in [0.29, 0.717) is 18.2 Å². The van der Waals surface area contributed by atoms with Gasteiger partial charge in [0.05, 0.1) is 12.2 Å². The molecular weight excluding hydrogens is 224 g/mol. The zero-order chi connectivity index (χ0) is 13.0. The minimum absolute atomic E-state index is 0.489. The lowest BCUT2D eigenvalue weighted by molar-refractivity contribution is 0.0238. The monoisotopic (exact) mass is 254 g/mol. The number of hydrogen-bond acceptors (Lipinski definition) is 3. The van der Waals surface area contributed by atoms with Crippen LogP contribution in [0.4, 0.5) is 0 Å². The standard InChI is InChI=1S/C15H30N2O/c1-12(2)16-10-14-6-8-17(9-7-14)11-15-5-4-13(3)18-15/h12-16H,4-11H2,1-3H3. The van der Waals surface area contributed by atoms with Gasteiger partial charge in [-0.25, -0.2) is 0 Å². The van der Waals surface area contributed by atoms with E-state index in [2.05, 4.69) is 31.0 Å². The molecule has 0 aromatic rings. The Morgan fingerprint density at radius 2 is 1.89 bits per heavy atom. The quantitative estimate of drug-likeness (QED) is 0.814. The highest BCUT2D eigenvalue weighted by Crippen LogP contribution is 2.22. The van der Waals surface area contributed by atoms with Gasteiger partial charge in [0.15, 0.2) is 0 Å². The molecule has 1 N–H and O–H groups in total. The molecule has 0 aromatic heterocycles. The maximum atomic E-state index is 5.92. The number of nitrogens with one attached hydrogen (secondary N) is 1. The topological polar surface area (TPSA) is 24.5 Å². The van der Waals surface area contributed by atoms with Crippen LogP contribution in [-0.2, 0) is 4.74 Å². The van der Waals surface area contributed by atoms with Gasteiger partial charge in [-0.05, 0) is 58.2 Å². The van der Waals surface area contributed by atoms with Crippen LogP contribution < -0.4 is 5.32 Å². The molecule has 18 heavy (non-hydrogen) atoms. The van der Waals surface area contributed by atoms with Crippen LogP contribution in [0.5, 0.6) is 0 Å². The predicted molar refractivity (Wildman–Crippen MR) is 75.9 cm³/mol. The maximum absolute atomic E-state index is 5.92. The van der Waals surface area contributed by atoms with Gasteiger partial charge in [-0.3, -0.25) is 0 Å². The zero-order valence-corrected chi connectivity index (χ0v) is 12.3. The van der Waals surface area contributed by atoms with Gasteiger partial charge < -0.3 is 15.0 Å². The van der Waals surface area contributed by atoms with Crippen molar-refractivity contribution >= 4 is 0 Å². The Labute approximate surface area is 112 Å². The summed E-state index contributed by atoms with van der Waals surface area (Å²) >= 11 is 0. The highest BCUT2D eigenvalue weighted by Gasteiger charge is 2.26. The van der Waals surface area contributed by atoms with E-state index >= 15 is 0 Å². The molecular formula is C15H30N2O. The molecule has 2 aliphatic heterocycles. The lowest BCUT2D eigenvalue weighted by atomic mass is 9.96. The molecule has 2 unspecified atom stereocenters. The van der Waals surface area contributed by atoms with Crippen molar-refractivity contribution in [1.29, 1.82) is 0 Å². The summed E-state index contributed by atoms with van der Waals surface area (Å²) in [5.74, 6) is 0.882. The summed E-state index contributed by atoms with van der Waals surface area (Å²) in [6.45, 7) is 11.5. The van der Waals surface area contributed by atoms with Crippen LogP contribution in [0.1, 0.15) is 46.5 Å². The van der Waals surface area contributed by atoms with Crippen molar-refractivity contribution in [2.75, 3.05) is 26.2 Å². The van der Waals surface area contributed by atoms with E-state index < -0.39 is 0 Å². The van der Waals surface area contributed by atoms with Crippen LogP contribution in [0.25, 0.3) is 0 Å². The fraction of sp³-hybridized carbons (Fsp3) is 1.00. The smallest absolute Gasteiger partial charge is 0.0706 e. The van der Waals surface area contributed by atoms with Gasteiger partial charge in [0.2, 0.25) is 0 Å². The van der Waals surface area contributed by atoms with E-state index in [0.717, 1.165) is 12.5 Å². The van der Waals surface area contributed by atoms with Crippen molar-refractivity contribution in [3.63, 3.8) is 0 Å². The molecule has 0 amide bonds. The van der Waals surface area contributed by atoms with E-state index in [-0.39, 0.29) is 0 Å². The first-order chi connectivity index (χ1) is 8.63. The van der Waals surface area contributed by atoms with E-state index in [4.69, 9.17) is 4.74 Å². The number of ether oxygens (including phenoxy) is 1. The van der Waals surface area contributed by atoms with Gasteiger partial charge in [0, 0.05) is 12.6 Å². The van der Waals surface area contributed by atoms with Crippen molar-refractivity contribution in [2.45, 2.75) is 64.7 Å². The summed E-state index contributed by atoms with van der Waals surface area (Å²) < 4.78 is 5.92. The summed E-state index contributed by atoms with van der Waals surface area (Å²) in [5.41, 5.74) is 0. The van der Waals surface area contributed by atoms with Crippen molar-refractivity contribution in [3.8, 4) is 0 Å². The molecule has 3 nitrogen and oxygen atoms in total. The third-order valence-corrected chi connectivity index (χ3v) is 4.30. The van der Waals surface area contributed by atoms with Gasteiger partial charge in [-0.15, -0.1) is 0 Å². The molecule has 0 aromatic carbocycles. The number of rotatable bonds is 5. The molecule has 3 heteroatoms. The minimum Gasteiger partial charge on any atom is -0.374 e. The molecule has 0 bridgehead atoms. The molecule has 106 valence electrons. The fourth-order valence-electron chi connectivity index (χ4n) is 3.08. The van der Waals surface area contributed by atoms with Crippen LogP contribution in [-0.4, -0.2) is 49.3 Å². The second-order valence-electron chi connectivity index (χ2n) is 6.45. The highest BCUT2D eigenvalue weighted by molar-refractivity contribution is 4.79. The second kappa shape index (κ2) is 6.88. The van der Waals surface area contributed by atoms with Gasteiger partial charge in [-0.2, -0.15) is 0 Å². The number of hydrogen-bond donors (Lipinski definition) is 1. The Morgan fingerprint density at radius 3 is 2.44 bits per heavy atom. The molecule has 0 aliphatic carbocycles. The third-order valence-electron chi connectivity index (χ3n) is 4.30. The summed E-state index contributed by atoms with van der Waals surface area (Å²) in [6.07, 6.45) is 6.20. The molecule has 2 rings (SSSR count). The van der Waals surface area contributed by atoms with Crippen LogP contribution in [0, 0.1) is 5.92 Å². The van der Waals surface area contributed by atoms with Gasteiger partial charge in [-0.1, -0.05) is 13.8 Å². The lowest BCUT2D eigenvalue weighted by Crippen LogP contribution is -2.41. The zero-order valence-electron chi connectivity index (χ0n) is 12.3. The summed E-state index contributed by atoms with van der Waals surface area (Å²) in [6, 6.07) is 0.622. The molecule has 0 spiro atoms. The number of likely N-dealkylation sites (tertiary alicyclic amines) is 1. The molecule has 2 saturated heterocycles. The van der Waals surface area contributed by atoms with E-state index in [1.165, 1.54) is 45.3 Å². The summed E-state index contributed by atoms with van der Waals surface area (Å²) in [7, 11) is 0. The van der Waals surface area contributed by atoms with Crippen LogP contribution in [0.3, 0.4) is 0 Å². The lowest BCUT2D eigenvalue weighted by Gasteiger charge is -2.33. The van der Waals surface area contributed by atoms with Gasteiger partial charge in [0.1, 0.15) is 0 Å². The molecule has 0 radical (unpaired) electrons. The Kier molecular flexibility index (Phi) is 5.46. The molecule has 0 saturated carbocycles. The molecule has 2 fully saturated rings. The first-order valence-electron chi connectivity index (χ1n) is 7.74. The average Bonchev–Trinajstić information content (AvgIpc) is 2.74. The van der Waals surface area contributed by atoms with Gasteiger partial charge >= 0.3 is 0 Å². The van der Waals surface area contributed by atoms with Crippen LogP contribution >= 0.6 is 0 Å². The van der Waals surface area contributed by atoms with Crippen LogP contribution in [0.2, 0.25) is 0 Å². The number of piperidine rings is 1.